The molecule has 28 heavy (non-hydrogen) atoms. The summed E-state index contributed by atoms with van der Waals surface area (Å²) in [7, 11) is 0. The topological polar surface area (TPSA) is 64.5 Å². The van der Waals surface area contributed by atoms with E-state index in [1.807, 2.05) is 51.1 Å². The van der Waals surface area contributed by atoms with E-state index in [0.29, 0.717) is 18.9 Å². The predicted molar refractivity (Wildman–Crippen MR) is 109 cm³/mol. The van der Waals surface area contributed by atoms with E-state index in [0.717, 1.165) is 24.0 Å². The Labute approximate surface area is 166 Å². The van der Waals surface area contributed by atoms with Crippen LogP contribution in [-0.4, -0.2) is 45.8 Å². The number of hydrogen-bond acceptors (Lipinski definition) is 5. The SMILES string of the molecule is CC(C)(C)OC(=O)N1CCC[C@@H]1COc1cncc(/C=C/c2ccncc2)c1. The summed E-state index contributed by atoms with van der Waals surface area (Å²) in [5, 5.41) is 0. The molecule has 0 bridgehead atoms. The van der Waals surface area contributed by atoms with Crippen molar-refractivity contribution in [3.8, 4) is 5.75 Å². The maximum absolute atomic E-state index is 12.4. The van der Waals surface area contributed by atoms with Gasteiger partial charge >= 0.3 is 6.09 Å². The van der Waals surface area contributed by atoms with Gasteiger partial charge in [-0.2, -0.15) is 0 Å². The molecule has 0 unspecified atom stereocenters. The fourth-order valence-electron chi connectivity index (χ4n) is 3.03. The zero-order chi connectivity index (χ0) is 20.0. The Balaban J connectivity index is 1.58. The van der Waals surface area contributed by atoms with Crippen LogP contribution in [0.2, 0.25) is 0 Å². The van der Waals surface area contributed by atoms with Crippen LogP contribution in [0.4, 0.5) is 4.79 Å². The highest BCUT2D eigenvalue weighted by Gasteiger charge is 2.32. The number of amides is 1. The van der Waals surface area contributed by atoms with E-state index in [1.165, 1.54) is 0 Å². The molecule has 2 aromatic heterocycles. The summed E-state index contributed by atoms with van der Waals surface area (Å²) in [6, 6.07) is 5.84. The third kappa shape index (κ3) is 5.81. The lowest BCUT2D eigenvalue weighted by atomic mass is 10.2. The lowest BCUT2D eigenvalue weighted by molar-refractivity contribution is 0.0187. The van der Waals surface area contributed by atoms with Gasteiger partial charge < -0.3 is 14.4 Å². The summed E-state index contributed by atoms with van der Waals surface area (Å²) < 4.78 is 11.4. The van der Waals surface area contributed by atoms with Gasteiger partial charge in [-0.3, -0.25) is 9.97 Å². The highest BCUT2D eigenvalue weighted by Crippen LogP contribution is 2.22. The summed E-state index contributed by atoms with van der Waals surface area (Å²) in [6.07, 6.45) is 12.6. The minimum Gasteiger partial charge on any atom is -0.490 e. The molecule has 1 atom stereocenters. The Kier molecular flexibility index (Phi) is 6.29. The van der Waals surface area contributed by atoms with Gasteiger partial charge in [0.05, 0.1) is 12.2 Å². The minimum absolute atomic E-state index is 0.0193. The minimum atomic E-state index is -0.496. The van der Waals surface area contributed by atoms with E-state index in [1.54, 1.807) is 29.7 Å². The summed E-state index contributed by atoms with van der Waals surface area (Å²) in [6.45, 7) is 6.77. The summed E-state index contributed by atoms with van der Waals surface area (Å²) in [5.41, 5.74) is 1.52. The largest absolute Gasteiger partial charge is 0.490 e. The molecule has 1 fully saturated rings. The van der Waals surface area contributed by atoms with Crippen LogP contribution in [0.15, 0.2) is 43.0 Å². The molecule has 0 aromatic carbocycles. The molecule has 0 spiro atoms. The first-order valence-corrected chi connectivity index (χ1v) is 9.56. The highest BCUT2D eigenvalue weighted by atomic mass is 16.6. The van der Waals surface area contributed by atoms with Gasteiger partial charge in [-0.15, -0.1) is 0 Å². The first kappa shape index (κ1) is 19.9. The van der Waals surface area contributed by atoms with Crippen LogP contribution in [0, 0.1) is 0 Å². The van der Waals surface area contributed by atoms with Crippen LogP contribution in [0.5, 0.6) is 5.75 Å². The van der Waals surface area contributed by atoms with Crippen molar-refractivity contribution in [2.24, 2.45) is 0 Å². The molecule has 1 aliphatic heterocycles. The van der Waals surface area contributed by atoms with Crippen molar-refractivity contribution < 1.29 is 14.3 Å². The summed E-state index contributed by atoms with van der Waals surface area (Å²) >= 11 is 0. The van der Waals surface area contributed by atoms with Crippen LogP contribution in [0.3, 0.4) is 0 Å². The molecule has 1 saturated heterocycles. The predicted octanol–water partition coefficient (Wildman–Crippen LogP) is 4.43. The van der Waals surface area contributed by atoms with Crippen molar-refractivity contribution in [3.63, 3.8) is 0 Å². The first-order chi connectivity index (χ1) is 13.4. The normalized spacial score (nSPS) is 17.1. The van der Waals surface area contributed by atoms with Gasteiger partial charge in [-0.05, 0) is 62.9 Å². The fraction of sp³-hybridized carbons (Fsp3) is 0.409. The second-order valence-electron chi connectivity index (χ2n) is 7.85. The Morgan fingerprint density at radius 2 is 1.93 bits per heavy atom. The number of rotatable bonds is 5. The third-order valence-electron chi connectivity index (χ3n) is 4.36. The lowest BCUT2D eigenvalue weighted by Crippen LogP contribution is -2.42. The fourth-order valence-corrected chi connectivity index (χ4v) is 3.03. The molecule has 3 heterocycles. The molecule has 148 valence electrons. The zero-order valence-corrected chi connectivity index (χ0v) is 16.7. The second kappa shape index (κ2) is 8.87. The molecule has 0 N–H and O–H groups in total. The van der Waals surface area contributed by atoms with Crippen LogP contribution in [0.1, 0.15) is 44.7 Å². The van der Waals surface area contributed by atoms with Gasteiger partial charge in [0.2, 0.25) is 0 Å². The third-order valence-corrected chi connectivity index (χ3v) is 4.36. The van der Waals surface area contributed by atoms with Crippen molar-refractivity contribution in [1.29, 1.82) is 0 Å². The number of pyridine rings is 2. The summed E-state index contributed by atoms with van der Waals surface area (Å²) in [5.74, 6) is 0.688. The maximum atomic E-state index is 12.4. The van der Waals surface area contributed by atoms with Crippen molar-refractivity contribution in [3.05, 3.63) is 54.1 Å². The number of aromatic nitrogens is 2. The van der Waals surface area contributed by atoms with Gasteiger partial charge in [0, 0.05) is 25.1 Å². The summed E-state index contributed by atoms with van der Waals surface area (Å²) in [4.78, 5) is 22.4. The van der Waals surface area contributed by atoms with Crippen LogP contribution < -0.4 is 4.74 Å². The van der Waals surface area contributed by atoms with Crippen molar-refractivity contribution in [1.82, 2.24) is 14.9 Å². The van der Waals surface area contributed by atoms with E-state index in [2.05, 4.69) is 9.97 Å². The number of nitrogens with zero attached hydrogens (tertiary/aromatic N) is 3. The van der Waals surface area contributed by atoms with Gasteiger partial charge in [-0.25, -0.2) is 4.79 Å². The van der Waals surface area contributed by atoms with Gasteiger partial charge in [0.1, 0.15) is 18.0 Å². The molecule has 1 amide bonds. The monoisotopic (exact) mass is 381 g/mol. The van der Waals surface area contributed by atoms with Crippen molar-refractivity contribution in [2.45, 2.75) is 45.3 Å². The Hall–Kier alpha value is -2.89. The number of hydrogen-bond donors (Lipinski definition) is 0. The van der Waals surface area contributed by atoms with Gasteiger partial charge in [0.25, 0.3) is 0 Å². The molecule has 2 aromatic rings. The molecular formula is C22H27N3O3. The molecule has 0 aliphatic carbocycles. The Morgan fingerprint density at radius 3 is 2.68 bits per heavy atom. The molecule has 0 radical (unpaired) electrons. The quantitative estimate of drug-likeness (QED) is 0.767. The van der Waals surface area contributed by atoms with Gasteiger partial charge in [-0.1, -0.05) is 12.2 Å². The smallest absolute Gasteiger partial charge is 0.410 e. The van der Waals surface area contributed by atoms with E-state index in [4.69, 9.17) is 9.47 Å². The molecular weight excluding hydrogens is 354 g/mol. The van der Waals surface area contributed by atoms with Crippen LogP contribution in [-0.2, 0) is 4.74 Å². The van der Waals surface area contributed by atoms with E-state index >= 15 is 0 Å². The average Bonchev–Trinajstić information content (AvgIpc) is 3.13. The van der Waals surface area contributed by atoms with Gasteiger partial charge in [0.15, 0.2) is 0 Å². The van der Waals surface area contributed by atoms with Crippen LogP contribution in [0.25, 0.3) is 12.2 Å². The Morgan fingerprint density at radius 1 is 1.18 bits per heavy atom. The van der Waals surface area contributed by atoms with Crippen molar-refractivity contribution in [2.75, 3.05) is 13.2 Å². The average molecular weight is 381 g/mol. The second-order valence-corrected chi connectivity index (χ2v) is 7.85. The highest BCUT2D eigenvalue weighted by molar-refractivity contribution is 5.69. The lowest BCUT2D eigenvalue weighted by Gasteiger charge is -2.28. The molecule has 0 saturated carbocycles. The first-order valence-electron chi connectivity index (χ1n) is 9.56. The Bertz CT molecular complexity index is 815. The zero-order valence-electron chi connectivity index (χ0n) is 16.7. The van der Waals surface area contributed by atoms with Crippen LogP contribution >= 0.6 is 0 Å². The molecule has 3 rings (SSSR count). The number of carbonyl (C=O) groups is 1. The number of ether oxygens (including phenoxy) is 2. The number of likely N-dealkylation sites (tertiary alicyclic amines) is 1. The maximum Gasteiger partial charge on any atom is 0.410 e. The number of carbonyl (C=O) groups excluding carboxylic acids is 1. The van der Waals surface area contributed by atoms with Crippen molar-refractivity contribution >= 4 is 18.2 Å². The molecule has 1 aliphatic rings. The van der Waals surface area contributed by atoms with E-state index in [-0.39, 0.29) is 12.1 Å². The molecule has 6 nitrogen and oxygen atoms in total. The van der Waals surface area contributed by atoms with E-state index < -0.39 is 5.60 Å². The molecule has 6 heteroatoms. The van der Waals surface area contributed by atoms with E-state index in [9.17, 15) is 4.79 Å². The standard InChI is InChI=1S/C22H27N3O3/c1-22(2,3)28-21(26)25-12-4-5-19(25)16-27-20-13-18(14-24-15-20)7-6-17-8-10-23-11-9-17/h6-11,13-15,19H,4-5,12,16H2,1-3H3/b7-6+/t19-/m1/s1.